The highest BCUT2D eigenvalue weighted by Crippen LogP contribution is 2.20. The first-order valence-corrected chi connectivity index (χ1v) is 7.75. The minimum Gasteiger partial charge on any atom is -0.274 e. The minimum absolute atomic E-state index is 0.201. The Labute approximate surface area is 104 Å². The first kappa shape index (κ1) is 14.2. The Morgan fingerprint density at radius 1 is 1.41 bits per heavy atom. The molecule has 0 aromatic heterocycles. The van der Waals surface area contributed by atoms with E-state index in [1.807, 2.05) is 26.0 Å². The first-order valence-electron chi connectivity index (χ1n) is 6.20. The monoisotopic (exact) mass is 259 g/mol. The Kier molecular flexibility index (Phi) is 5.18. The van der Waals surface area contributed by atoms with E-state index in [4.69, 9.17) is 0 Å². The van der Waals surface area contributed by atoms with Crippen molar-refractivity contribution in [2.45, 2.75) is 51.2 Å². The summed E-state index contributed by atoms with van der Waals surface area (Å²) in [5.74, 6) is -0.180. The highest BCUT2D eigenvalue weighted by molar-refractivity contribution is 7.90. The third-order valence-corrected chi connectivity index (χ3v) is 5.22. The summed E-state index contributed by atoms with van der Waals surface area (Å²) in [7, 11) is -3.49. The maximum absolute atomic E-state index is 11.8. The van der Waals surface area contributed by atoms with E-state index in [0.717, 1.165) is 12.8 Å². The zero-order valence-corrected chi connectivity index (χ0v) is 11.3. The number of carbonyl (C=O) groups excluding carboxylic acids is 1. The van der Waals surface area contributed by atoms with E-state index in [9.17, 15) is 13.2 Å². The van der Waals surface area contributed by atoms with Gasteiger partial charge in [0.05, 0.1) is 5.25 Å². The summed E-state index contributed by atoms with van der Waals surface area (Å²) in [6, 6.07) is 0. The molecule has 0 aromatic carbocycles. The summed E-state index contributed by atoms with van der Waals surface area (Å²) in [5, 5.41) is -0.467. The molecule has 0 unspecified atom stereocenters. The summed E-state index contributed by atoms with van der Waals surface area (Å²) in [4.78, 5) is 11.6. The van der Waals surface area contributed by atoms with Crippen molar-refractivity contribution in [2.24, 2.45) is 5.92 Å². The normalized spacial score (nSPS) is 19.8. The third kappa shape index (κ3) is 4.15. The second-order valence-electron chi connectivity index (χ2n) is 4.48. The highest BCUT2D eigenvalue weighted by Gasteiger charge is 2.25. The SMILES string of the molecule is CCC(CC)S(=O)(=O)NC(=O)C[C@H]1C=CCC1. The highest BCUT2D eigenvalue weighted by atomic mass is 32.2. The Morgan fingerprint density at radius 2 is 2.06 bits per heavy atom. The standard InChI is InChI=1S/C12H21NO3S/c1-3-11(4-2)17(15,16)13-12(14)9-10-7-5-6-8-10/h5,7,10-11H,3-4,6,8-9H2,1-2H3,(H,13,14)/t10-/m0/s1. The van der Waals surface area contributed by atoms with Gasteiger partial charge in [0.25, 0.3) is 0 Å². The fraction of sp³-hybridized carbons (Fsp3) is 0.750. The number of nitrogens with one attached hydrogen (secondary N) is 1. The van der Waals surface area contributed by atoms with Crippen LogP contribution in [0, 0.1) is 5.92 Å². The van der Waals surface area contributed by atoms with Gasteiger partial charge in [-0.15, -0.1) is 0 Å². The molecule has 0 saturated heterocycles. The van der Waals surface area contributed by atoms with Crippen LogP contribution in [-0.2, 0) is 14.8 Å². The predicted molar refractivity (Wildman–Crippen MR) is 67.9 cm³/mol. The molecule has 98 valence electrons. The molecular weight excluding hydrogens is 238 g/mol. The maximum Gasteiger partial charge on any atom is 0.237 e. The lowest BCUT2D eigenvalue weighted by Gasteiger charge is -2.15. The van der Waals surface area contributed by atoms with Crippen molar-refractivity contribution in [2.75, 3.05) is 0 Å². The summed E-state index contributed by atoms with van der Waals surface area (Å²) < 4.78 is 25.8. The van der Waals surface area contributed by atoms with E-state index < -0.39 is 15.3 Å². The Bertz CT molecular complexity index is 383. The van der Waals surface area contributed by atoms with Crippen LogP contribution in [0.4, 0.5) is 0 Å². The maximum atomic E-state index is 11.8. The summed E-state index contributed by atoms with van der Waals surface area (Å²) in [5.41, 5.74) is 0. The molecule has 0 saturated carbocycles. The summed E-state index contributed by atoms with van der Waals surface area (Å²) in [6.07, 6.45) is 7.28. The molecule has 0 bridgehead atoms. The number of rotatable bonds is 6. The second-order valence-corrected chi connectivity index (χ2v) is 6.44. The van der Waals surface area contributed by atoms with Crippen LogP contribution in [0.3, 0.4) is 0 Å². The van der Waals surface area contributed by atoms with E-state index in [1.165, 1.54) is 0 Å². The van der Waals surface area contributed by atoms with Crippen LogP contribution in [0.25, 0.3) is 0 Å². The molecular formula is C12H21NO3S. The van der Waals surface area contributed by atoms with Crippen molar-refractivity contribution >= 4 is 15.9 Å². The second kappa shape index (κ2) is 6.19. The molecule has 0 radical (unpaired) electrons. The Hall–Kier alpha value is -0.840. The van der Waals surface area contributed by atoms with E-state index in [-0.39, 0.29) is 18.2 Å². The molecule has 1 rings (SSSR count). The molecule has 1 atom stereocenters. The topological polar surface area (TPSA) is 63.2 Å². The zero-order chi connectivity index (χ0) is 12.9. The van der Waals surface area contributed by atoms with Gasteiger partial charge in [-0.2, -0.15) is 0 Å². The zero-order valence-electron chi connectivity index (χ0n) is 10.5. The number of carbonyl (C=O) groups is 1. The van der Waals surface area contributed by atoms with Gasteiger partial charge in [-0.3, -0.25) is 9.52 Å². The molecule has 1 amide bonds. The van der Waals surface area contributed by atoms with Gasteiger partial charge in [0.1, 0.15) is 0 Å². The van der Waals surface area contributed by atoms with Gasteiger partial charge in [0.15, 0.2) is 0 Å². The van der Waals surface area contributed by atoms with Crippen LogP contribution < -0.4 is 4.72 Å². The molecule has 0 heterocycles. The van der Waals surface area contributed by atoms with Crippen LogP contribution in [-0.4, -0.2) is 19.6 Å². The van der Waals surface area contributed by atoms with Crippen LogP contribution in [0.5, 0.6) is 0 Å². The van der Waals surface area contributed by atoms with Gasteiger partial charge in [-0.05, 0) is 31.6 Å². The van der Waals surface area contributed by atoms with Crippen LogP contribution in [0.1, 0.15) is 46.0 Å². The summed E-state index contributed by atoms with van der Waals surface area (Å²) in [6.45, 7) is 3.63. The van der Waals surface area contributed by atoms with Crippen LogP contribution in [0.15, 0.2) is 12.2 Å². The van der Waals surface area contributed by atoms with E-state index in [2.05, 4.69) is 4.72 Å². The lowest BCUT2D eigenvalue weighted by Crippen LogP contribution is -2.38. The van der Waals surface area contributed by atoms with Crippen molar-refractivity contribution in [3.8, 4) is 0 Å². The number of hydrogen-bond donors (Lipinski definition) is 1. The molecule has 5 heteroatoms. The number of hydrogen-bond acceptors (Lipinski definition) is 3. The van der Waals surface area contributed by atoms with Gasteiger partial charge in [-0.25, -0.2) is 8.42 Å². The summed E-state index contributed by atoms with van der Waals surface area (Å²) >= 11 is 0. The van der Waals surface area contributed by atoms with Gasteiger partial charge in [0.2, 0.25) is 15.9 Å². The fourth-order valence-electron chi connectivity index (χ4n) is 2.11. The molecule has 1 N–H and O–H groups in total. The van der Waals surface area contributed by atoms with Crippen molar-refractivity contribution in [3.05, 3.63) is 12.2 Å². The number of amides is 1. The fourth-order valence-corrected chi connectivity index (χ4v) is 3.56. The van der Waals surface area contributed by atoms with Gasteiger partial charge < -0.3 is 0 Å². The van der Waals surface area contributed by atoms with Crippen molar-refractivity contribution in [3.63, 3.8) is 0 Å². The van der Waals surface area contributed by atoms with Gasteiger partial charge in [0, 0.05) is 6.42 Å². The van der Waals surface area contributed by atoms with Crippen LogP contribution >= 0.6 is 0 Å². The smallest absolute Gasteiger partial charge is 0.237 e. The minimum atomic E-state index is -3.49. The average Bonchev–Trinajstić information content (AvgIpc) is 2.70. The molecule has 1 aliphatic rings. The van der Waals surface area contributed by atoms with Gasteiger partial charge in [-0.1, -0.05) is 26.0 Å². The largest absolute Gasteiger partial charge is 0.274 e. The molecule has 0 fully saturated rings. The van der Waals surface area contributed by atoms with E-state index in [1.54, 1.807) is 0 Å². The lowest BCUT2D eigenvalue weighted by molar-refractivity contribution is -0.119. The molecule has 1 aliphatic carbocycles. The van der Waals surface area contributed by atoms with Crippen LogP contribution in [0.2, 0.25) is 0 Å². The Morgan fingerprint density at radius 3 is 2.53 bits per heavy atom. The number of allylic oxidation sites excluding steroid dienone is 2. The van der Waals surface area contributed by atoms with E-state index >= 15 is 0 Å². The van der Waals surface area contributed by atoms with Gasteiger partial charge >= 0.3 is 0 Å². The average molecular weight is 259 g/mol. The molecule has 0 spiro atoms. The van der Waals surface area contributed by atoms with E-state index in [0.29, 0.717) is 12.8 Å². The third-order valence-electron chi connectivity index (χ3n) is 3.17. The molecule has 0 aromatic rings. The Balaban J connectivity index is 2.52. The molecule has 0 aliphatic heterocycles. The van der Waals surface area contributed by atoms with Crippen molar-refractivity contribution < 1.29 is 13.2 Å². The predicted octanol–water partition coefficient (Wildman–Crippen LogP) is 1.98. The number of sulfonamides is 1. The first-order chi connectivity index (χ1) is 7.99. The molecule has 17 heavy (non-hydrogen) atoms. The van der Waals surface area contributed by atoms with Crippen molar-refractivity contribution in [1.29, 1.82) is 0 Å². The lowest BCUT2D eigenvalue weighted by atomic mass is 10.1. The molecule has 4 nitrogen and oxygen atoms in total. The van der Waals surface area contributed by atoms with Crippen molar-refractivity contribution in [1.82, 2.24) is 4.72 Å². The quantitative estimate of drug-likeness (QED) is 0.742.